The van der Waals surface area contributed by atoms with Crippen molar-refractivity contribution in [3.8, 4) is 11.3 Å². The lowest BCUT2D eigenvalue weighted by atomic mass is 9.77. The molecule has 1 aromatic heterocycles. The number of anilines is 2. The monoisotopic (exact) mass is 425 g/mol. The van der Waals surface area contributed by atoms with Crippen LogP contribution in [0.2, 0.25) is 0 Å². The lowest BCUT2D eigenvalue weighted by molar-refractivity contribution is 0.299. The molecule has 1 heterocycles. The van der Waals surface area contributed by atoms with Crippen molar-refractivity contribution in [3.63, 3.8) is 0 Å². The van der Waals surface area contributed by atoms with E-state index in [1.807, 2.05) is 54.7 Å². The van der Waals surface area contributed by atoms with Crippen LogP contribution in [0.15, 0.2) is 72.9 Å². The molecule has 0 aliphatic heterocycles. The summed E-state index contributed by atoms with van der Waals surface area (Å²) in [6.45, 7) is 1.94. The highest BCUT2D eigenvalue weighted by Crippen LogP contribution is 2.42. The van der Waals surface area contributed by atoms with Gasteiger partial charge in [0, 0.05) is 30.0 Å². The molecular weight excluding hydrogens is 401 g/mol. The van der Waals surface area contributed by atoms with Crippen LogP contribution in [0, 0.1) is 12.7 Å². The predicted octanol–water partition coefficient (Wildman–Crippen LogP) is 5.56. The zero-order valence-electron chi connectivity index (χ0n) is 17.8. The molecule has 0 bridgehead atoms. The number of aromatic nitrogens is 2. The summed E-state index contributed by atoms with van der Waals surface area (Å²) in [6.07, 6.45) is 3.30. The van der Waals surface area contributed by atoms with Crippen LogP contribution in [0.1, 0.15) is 33.7 Å². The van der Waals surface area contributed by atoms with Crippen LogP contribution in [0.4, 0.5) is 16.0 Å². The van der Waals surface area contributed by atoms with Gasteiger partial charge in [-0.25, -0.2) is 14.4 Å². The molecule has 0 spiro atoms. The third kappa shape index (κ3) is 3.87. The van der Waals surface area contributed by atoms with E-state index >= 15 is 0 Å². The highest BCUT2D eigenvalue weighted by molar-refractivity contribution is 5.73. The van der Waals surface area contributed by atoms with Gasteiger partial charge in [0.1, 0.15) is 5.82 Å². The van der Waals surface area contributed by atoms with Gasteiger partial charge in [-0.1, -0.05) is 48.5 Å². The molecule has 1 aliphatic carbocycles. The van der Waals surface area contributed by atoms with Gasteiger partial charge in [-0.2, -0.15) is 0 Å². The van der Waals surface area contributed by atoms with E-state index in [9.17, 15) is 4.39 Å². The summed E-state index contributed by atoms with van der Waals surface area (Å²) in [7, 11) is 0. The van der Waals surface area contributed by atoms with Crippen molar-refractivity contribution in [2.24, 2.45) is 0 Å². The van der Waals surface area contributed by atoms with Crippen molar-refractivity contribution < 1.29 is 9.50 Å². The van der Waals surface area contributed by atoms with Gasteiger partial charge < -0.3 is 10.4 Å². The standard InChI is InChI=1S/C27H24FN3O/c1-17-14-19(8-11-25(17)28)24-15-20-16-29-27(30-21-9-6-18(7-10-21)12-13-32)31-26(20)23-5-3-2-4-22(23)24/h2-11,14,16,24,32H,12-13,15H2,1H3,(H,29,30,31). The van der Waals surface area contributed by atoms with Gasteiger partial charge in [0.2, 0.25) is 5.95 Å². The Balaban J connectivity index is 1.48. The number of aliphatic hydroxyl groups excluding tert-OH is 1. The highest BCUT2D eigenvalue weighted by atomic mass is 19.1. The van der Waals surface area contributed by atoms with Gasteiger partial charge >= 0.3 is 0 Å². The molecule has 0 saturated heterocycles. The Morgan fingerprint density at radius 3 is 2.66 bits per heavy atom. The molecule has 1 aliphatic rings. The lowest BCUT2D eigenvalue weighted by Crippen LogP contribution is -2.15. The average Bonchev–Trinajstić information content (AvgIpc) is 2.82. The van der Waals surface area contributed by atoms with E-state index in [0.29, 0.717) is 17.9 Å². The predicted molar refractivity (Wildman–Crippen MR) is 125 cm³/mol. The van der Waals surface area contributed by atoms with Crippen LogP contribution in [0.25, 0.3) is 11.3 Å². The van der Waals surface area contributed by atoms with E-state index in [2.05, 4.69) is 22.4 Å². The van der Waals surface area contributed by atoms with Crippen LogP contribution in [-0.2, 0) is 12.8 Å². The lowest BCUT2D eigenvalue weighted by Gasteiger charge is -2.28. The molecule has 1 unspecified atom stereocenters. The fourth-order valence-corrected chi connectivity index (χ4v) is 4.39. The van der Waals surface area contributed by atoms with E-state index in [1.54, 1.807) is 13.0 Å². The summed E-state index contributed by atoms with van der Waals surface area (Å²) in [4.78, 5) is 9.40. The molecular formula is C27H24FN3O. The van der Waals surface area contributed by atoms with Crippen molar-refractivity contribution in [2.45, 2.75) is 25.7 Å². The van der Waals surface area contributed by atoms with Gasteiger partial charge in [0.05, 0.1) is 5.69 Å². The summed E-state index contributed by atoms with van der Waals surface area (Å²) in [5.41, 5.74) is 8.05. The Morgan fingerprint density at radius 1 is 1.06 bits per heavy atom. The normalized spacial score (nSPS) is 14.5. The number of hydrogen-bond donors (Lipinski definition) is 2. The Labute approximate surface area is 186 Å². The van der Waals surface area contributed by atoms with Gasteiger partial charge in [0.15, 0.2) is 0 Å². The average molecular weight is 426 g/mol. The third-order valence-corrected chi connectivity index (χ3v) is 6.07. The van der Waals surface area contributed by atoms with Crippen molar-refractivity contribution in [3.05, 3.63) is 107 Å². The minimum Gasteiger partial charge on any atom is -0.396 e. The molecule has 160 valence electrons. The molecule has 5 rings (SSSR count). The molecule has 0 saturated carbocycles. The molecule has 0 amide bonds. The first-order valence-corrected chi connectivity index (χ1v) is 10.8. The largest absolute Gasteiger partial charge is 0.396 e. The number of benzene rings is 3. The smallest absolute Gasteiger partial charge is 0.227 e. The summed E-state index contributed by atoms with van der Waals surface area (Å²) < 4.78 is 13.8. The topological polar surface area (TPSA) is 58.0 Å². The second-order valence-electron chi connectivity index (χ2n) is 8.22. The van der Waals surface area contributed by atoms with E-state index in [4.69, 9.17) is 10.1 Å². The van der Waals surface area contributed by atoms with E-state index in [1.165, 1.54) is 5.56 Å². The third-order valence-electron chi connectivity index (χ3n) is 6.07. The summed E-state index contributed by atoms with van der Waals surface area (Å²) >= 11 is 0. The van der Waals surface area contributed by atoms with Crippen LogP contribution in [-0.4, -0.2) is 21.7 Å². The fraction of sp³-hybridized carbons (Fsp3) is 0.185. The Morgan fingerprint density at radius 2 is 1.88 bits per heavy atom. The molecule has 0 fully saturated rings. The summed E-state index contributed by atoms with van der Waals surface area (Å²) in [5.74, 6) is 0.505. The van der Waals surface area contributed by atoms with Crippen LogP contribution >= 0.6 is 0 Å². The molecule has 3 aromatic carbocycles. The molecule has 5 heteroatoms. The Hall–Kier alpha value is -3.57. The van der Waals surface area contributed by atoms with Crippen LogP contribution in [0.5, 0.6) is 0 Å². The maximum atomic E-state index is 13.8. The van der Waals surface area contributed by atoms with E-state index in [-0.39, 0.29) is 18.3 Å². The molecule has 4 aromatic rings. The van der Waals surface area contributed by atoms with Crippen molar-refractivity contribution in [2.75, 3.05) is 11.9 Å². The number of fused-ring (bicyclic) bond motifs is 3. The Kier molecular flexibility index (Phi) is 5.41. The number of nitrogens with one attached hydrogen (secondary N) is 1. The van der Waals surface area contributed by atoms with E-state index in [0.717, 1.165) is 40.1 Å². The number of aliphatic hydroxyl groups is 1. The second-order valence-corrected chi connectivity index (χ2v) is 8.22. The zero-order chi connectivity index (χ0) is 22.1. The minimum absolute atomic E-state index is 0.138. The van der Waals surface area contributed by atoms with Crippen molar-refractivity contribution >= 4 is 11.6 Å². The van der Waals surface area contributed by atoms with E-state index < -0.39 is 0 Å². The molecule has 1 atom stereocenters. The molecule has 32 heavy (non-hydrogen) atoms. The minimum atomic E-state index is -0.179. The number of nitrogens with zero attached hydrogens (tertiary/aromatic N) is 2. The first-order chi connectivity index (χ1) is 15.6. The first kappa shape index (κ1) is 20.3. The fourth-order valence-electron chi connectivity index (χ4n) is 4.39. The second kappa shape index (κ2) is 8.52. The van der Waals surface area contributed by atoms with Gasteiger partial charge in [-0.05, 0) is 65.8 Å². The van der Waals surface area contributed by atoms with Gasteiger partial charge in [-0.15, -0.1) is 0 Å². The SMILES string of the molecule is Cc1cc(C2Cc3cnc(Nc4ccc(CCO)cc4)nc3-c3ccccc32)ccc1F. The van der Waals surface area contributed by atoms with Crippen LogP contribution in [0.3, 0.4) is 0 Å². The highest BCUT2D eigenvalue weighted by Gasteiger charge is 2.27. The summed E-state index contributed by atoms with van der Waals surface area (Å²) in [6, 6.07) is 21.6. The maximum absolute atomic E-state index is 13.8. The van der Waals surface area contributed by atoms with Gasteiger partial charge in [0.25, 0.3) is 0 Å². The van der Waals surface area contributed by atoms with Crippen LogP contribution < -0.4 is 5.32 Å². The van der Waals surface area contributed by atoms with Crippen molar-refractivity contribution in [1.29, 1.82) is 0 Å². The Bertz CT molecular complexity index is 1270. The quantitative estimate of drug-likeness (QED) is 0.440. The number of rotatable bonds is 5. The molecule has 0 radical (unpaired) electrons. The maximum Gasteiger partial charge on any atom is 0.227 e. The van der Waals surface area contributed by atoms with Crippen molar-refractivity contribution in [1.82, 2.24) is 9.97 Å². The zero-order valence-corrected chi connectivity index (χ0v) is 17.8. The summed E-state index contributed by atoms with van der Waals surface area (Å²) in [5, 5.41) is 12.4. The molecule has 2 N–H and O–H groups in total. The number of hydrogen-bond acceptors (Lipinski definition) is 4. The first-order valence-electron chi connectivity index (χ1n) is 10.8. The number of aryl methyl sites for hydroxylation is 1. The molecule has 4 nitrogen and oxygen atoms in total. The van der Waals surface area contributed by atoms with Gasteiger partial charge in [-0.3, -0.25) is 0 Å². The number of halogens is 1.